The van der Waals surface area contributed by atoms with Gasteiger partial charge in [0.05, 0.1) is 0 Å². The molecule has 0 radical (unpaired) electrons. The fraction of sp³-hybridized carbons (Fsp3) is 0.833. The van der Waals surface area contributed by atoms with Gasteiger partial charge in [0.2, 0.25) is 0 Å². The summed E-state index contributed by atoms with van der Waals surface area (Å²) in [5, 5.41) is 3.34. The summed E-state index contributed by atoms with van der Waals surface area (Å²) < 4.78 is 0. The highest BCUT2D eigenvalue weighted by Crippen LogP contribution is 2.34. The minimum absolute atomic E-state index is 1.08. The number of rotatable bonds is 7. The van der Waals surface area contributed by atoms with Gasteiger partial charge in [0.15, 0.2) is 0 Å². The van der Waals surface area contributed by atoms with Crippen LogP contribution in [0.15, 0.2) is 11.6 Å². The SMILES string of the molecule is CCNCCC=C(C)CCC1CC1. The van der Waals surface area contributed by atoms with Gasteiger partial charge in [0.25, 0.3) is 0 Å². The van der Waals surface area contributed by atoms with E-state index in [1.54, 1.807) is 5.57 Å². The highest BCUT2D eigenvalue weighted by molar-refractivity contribution is 4.99. The maximum absolute atomic E-state index is 3.34. The molecule has 1 fully saturated rings. The highest BCUT2D eigenvalue weighted by atomic mass is 14.8. The van der Waals surface area contributed by atoms with E-state index in [1.807, 2.05) is 0 Å². The summed E-state index contributed by atoms with van der Waals surface area (Å²) in [4.78, 5) is 0. The van der Waals surface area contributed by atoms with Crippen LogP contribution in [0.25, 0.3) is 0 Å². The first kappa shape index (κ1) is 10.8. The summed E-state index contributed by atoms with van der Waals surface area (Å²) in [7, 11) is 0. The predicted octanol–water partition coefficient (Wildman–Crippen LogP) is 3.12. The number of hydrogen-bond acceptors (Lipinski definition) is 1. The second kappa shape index (κ2) is 6.20. The van der Waals surface area contributed by atoms with Crippen molar-refractivity contribution in [1.82, 2.24) is 5.32 Å². The van der Waals surface area contributed by atoms with Crippen LogP contribution in [-0.4, -0.2) is 13.1 Å². The van der Waals surface area contributed by atoms with Gasteiger partial charge in [0.1, 0.15) is 0 Å². The van der Waals surface area contributed by atoms with Crippen LogP contribution in [-0.2, 0) is 0 Å². The molecular formula is C12H23N. The third-order valence-electron chi connectivity index (χ3n) is 2.71. The monoisotopic (exact) mass is 181 g/mol. The fourth-order valence-corrected chi connectivity index (χ4v) is 1.54. The van der Waals surface area contributed by atoms with Crippen LogP contribution >= 0.6 is 0 Å². The summed E-state index contributed by atoms with van der Waals surface area (Å²) >= 11 is 0. The first-order valence-electron chi connectivity index (χ1n) is 5.69. The molecule has 1 rings (SSSR count). The van der Waals surface area contributed by atoms with E-state index in [-0.39, 0.29) is 0 Å². The smallest absolute Gasteiger partial charge is 0.00143 e. The molecule has 0 aromatic heterocycles. The van der Waals surface area contributed by atoms with Crippen molar-refractivity contribution in [3.05, 3.63) is 11.6 Å². The molecule has 76 valence electrons. The molecular weight excluding hydrogens is 158 g/mol. The van der Waals surface area contributed by atoms with Crippen molar-refractivity contribution in [3.8, 4) is 0 Å². The van der Waals surface area contributed by atoms with Crippen molar-refractivity contribution in [1.29, 1.82) is 0 Å². The zero-order chi connectivity index (χ0) is 9.52. The predicted molar refractivity (Wildman–Crippen MR) is 58.9 cm³/mol. The van der Waals surface area contributed by atoms with Crippen LogP contribution in [0.5, 0.6) is 0 Å². The van der Waals surface area contributed by atoms with E-state index in [4.69, 9.17) is 0 Å². The molecule has 0 atom stereocenters. The lowest BCUT2D eigenvalue weighted by Crippen LogP contribution is -2.13. The van der Waals surface area contributed by atoms with Crippen LogP contribution < -0.4 is 5.32 Å². The molecule has 1 aliphatic carbocycles. The second-order valence-corrected chi connectivity index (χ2v) is 4.17. The van der Waals surface area contributed by atoms with Crippen LogP contribution in [0.2, 0.25) is 0 Å². The Morgan fingerprint density at radius 1 is 1.46 bits per heavy atom. The van der Waals surface area contributed by atoms with Crippen molar-refractivity contribution < 1.29 is 0 Å². The number of allylic oxidation sites excluding steroid dienone is 1. The average Bonchev–Trinajstić information content (AvgIpc) is 2.92. The summed E-state index contributed by atoms with van der Waals surface area (Å²) in [6.45, 7) is 6.66. The van der Waals surface area contributed by atoms with Crippen molar-refractivity contribution >= 4 is 0 Å². The number of nitrogens with one attached hydrogen (secondary N) is 1. The molecule has 0 heterocycles. The second-order valence-electron chi connectivity index (χ2n) is 4.17. The van der Waals surface area contributed by atoms with Gasteiger partial charge in [-0.05, 0) is 45.2 Å². The lowest BCUT2D eigenvalue weighted by atomic mass is 10.1. The molecule has 1 heteroatoms. The molecule has 1 aliphatic rings. The van der Waals surface area contributed by atoms with E-state index in [2.05, 4.69) is 25.2 Å². The third-order valence-corrected chi connectivity index (χ3v) is 2.71. The Balaban J connectivity index is 1.95. The van der Waals surface area contributed by atoms with E-state index in [1.165, 1.54) is 32.1 Å². The molecule has 0 aromatic carbocycles. The van der Waals surface area contributed by atoms with E-state index < -0.39 is 0 Å². The molecule has 0 bridgehead atoms. The average molecular weight is 181 g/mol. The Labute approximate surface area is 82.6 Å². The van der Waals surface area contributed by atoms with Gasteiger partial charge >= 0.3 is 0 Å². The number of hydrogen-bond donors (Lipinski definition) is 1. The quantitative estimate of drug-likeness (QED) is 0.470. The molecule has 0 aliphatic heterocycles. The molecule has 13 heavy (non-hydrogen) atoms. The lowest BCUT2D eigenvalue weighted by molar-refractivity contribution is 0.704. The van der Waals surface area contributed by atoms with Crippen molar-refractivity contribution in [2.45, 2.75) is 46.0 Å². The van der Waals surface area contributed by atoms with Gasteiger partial charge < -0.3 is 5.32 Å². The Morgan fingerprint density at radius 3 is 2.85 bits per heavy atom. The minimum atomic E-state index is 1.08. The molecule has 0 amide bonds. The van der Waals surface area contributed by atoms with Crippen LogP contribution in [0, 0.1) is 5.92 Å². The van der Waals surface area contributed by atoms with E-state index in [0.29, 0.717) is 0 Å². The molecule has 1 nitrogen and oxygen atoms in total. The highest BCUT2D eigenvalue weighted by Gasteiger charge is 2.20. The fourth-order valence-electron chi connectivity index (χ4n) is 1.54. The Morgan fingerprint density at radius 2 is 2.23 bits per heavy atom. The largest absolute Gasteiger partial charge is 0.317 e. The normalized spacial score (nSPS) is 17.8. The molecule has 0 spiro atoms. The van der Waals surface area contributed by atoms with E-state index in [9.17, 15) is 0 Å². The summed E-state index contributed by atoms with van der Waals surface area (Å²) in [6, 6.07) is 0. The van der Waals surface area contributed by atoms with Crippen LogP contribution in [0.4, 0.5) is 0 Å². The van der Waals surface area contributed by atoms with Gasteiger partial charge in [-0.2, -0.15) is 0 Å². The standard InChI is InChI=1S/C12H23N/c1-3-13-10-4-5-11(2)6-7-12-8-9-12/h5,12-13H,3-4,6-10H2,1-2H3. The topological polar surface area (TPSA) is 12.0 Å². The van der Waals surface area contributed by atoms with Crippen LogP contribution in [0.3, 0.4) is 0 Å². The van der Waals surface area contributed by atoms with Crippen molar-refractivity contribution in [2.75, 3.05) is 13.1 Å². The zero-order valence-corrected chi connectivity index (χ0v) is 9.10. The Hall–Kier alpha value is -0.300. The first-order chi connectivity index (χ1) is 6.33. The zero-order valence-electron chi connectivity index (χ0n) is 9.10. The van der Waals surface area contributed by atoms with Crippen molar-refractivity contribution in [2.24, 2.45) is 5.92 Å². The summed E-state index contributed by atoms with van der Waals surface area (Å²) in [5.74, 6) is 1.08. The Kier molecular flexibility index (Phi) is 5.14. The molecule has 0 saturated heterocycles. The Bertz CT molecular complexity index is 157. The van der Waals surface area contributed by atoms with Crippen LogP contribution in [0.1, 0.15) is 46.0 Å². The lowest BCUT2D eigenvalue weighted by Gasteiger charge is -2.01. The molecule has 1 saturated carbocycles. The van der Waals surface area contributed by atoms with Gasteiger partial charge in [0, 0.05) is 0 Å². The molecule has 0 aromatic rings. The van der Waals surface area contributed by atoms with E-state index in [0.717, 1.165) is 19.0 Å². The maximum atomic E-state index is 3.34. The summed E-state index contributed by atoms with van der Waals surface area (Å²) in [6.07, 6.45) is 9.34. The molecule has 1 N–H and O–H groups in total. The maximum Gasteiger partial charge on any atom is -0.00143 e. The third kappa shape index (κ3) is 5.87. The van der Waals surface area contributed by atoms with Gasteiger partial charge in [-0.3, -0.25) is 0 Å². The minimum Gasteiger partial charge on any atom is -0.317 e. The van der Waals surface area contributed by atoms with Crippen molar-refractivity contribution in [3.63, 3.8) is 0 Å². The van der Waals surface area contributed by atoms with E-state index >= 15 is 0 Å². The summed E-state index contributed by atoms with van der Waals surface area (Å²) in [5.41, 5.74) is 1.59. The van der Waals surface area contributed by atoms with Gasteiger partial charge in [-0.1, -0.05) is 31.4 Å². The van der Waals surface area contributed by atoms with Gasteiger partial charge in [-0.25, -0.2) is 0 Å². The van der Waals surface area contributed by atoms with Gasteiger partial charge in [-0.15, -0.1) is 0 Å². The molecule has 0 unspecified atom stereocenters. The first-order valence-corrected chi connectivity index (χ1v) is 5.69.